The Hall–Kier alpha value is -6.23. The van der Waals surface area contributed by atoms with Crippen LogP contribution in [0.1, 0.15) is 43.1 Å². The van der Waals surface area contributed by atoms with Crippen LogP contribution in [0.5, 0.6) is 23.0 Å². The topological polar surface area (TPSA) is 141 Å². The number of carbonyl (C=O) groups is 5. The van der Waals surface area contributed by atoms with E-state index in [1.807, 2.05) is 19.1 Å². The van der Waals surface area contributed by atoms with Crippen molar-refractivity contribution in [3.8, 4) is 23.0 Å². The lowest BCUT2D eigenvalue weighted by molar-refractivity contribution is -0.138. The van der Waals surface area contributed by atoms with E-state index in [9.17, 15) is 24.0 Å². The number of benzene rings is 4. The summed E-state index contributed by atoms with van der Waals surface area (Å²) in [5.41, 5.74) is 1.83. The van der Waals surface area contributed by atoms with Crippen molar-refractivity contribution in [3.05, 3.63) is 132 Å². The number of aryl methyl sites for hydroxylation is 1. The molecule has 0 aromatic heterocycles. The highest BCUT2D eigenvalue weighted by atomic mass is 16.7. The normalized spacial score (nSPS) is 10.2. The van der Waals surface area contributed by atoms with Crippen LogP contribution in [0.3, 0.4) is 0 Å². The molecular formula is C35H28O11. The first kappa shape index (κ1) is 32.7. The average molecular weight is 625 g/mol. The fourth-order valence-electron chi connectivity index (χ4n) is 3.65. The Morgan fingerprint density at radius 2 is 0.870 bits per heavy atom. The van der Waals surface area contributed by atoms with Gasteiger partial charge in [-0.1, -0.05) is 24.3 Å². The van der Waals surface area contributed by atoms with Crippen molar-refractivity contribution in [2.45, 2.75) is 13.3 Å². The van der Waals surface area contributed by atoms with Gasteiger partial charge in [-0.3, -0.25) is 0 Å². The Morgan fingerprint density at radius 3 is 1.28 bits per heavy atom. The highest BCUT2D eigenvalue weighted by Gasteiger charge is 2.14. The van der Waals surface area contributed by atoms with Gasteiger partial charge in [0.1, 0.15) is 23.0 Å². The Kier molecular flexibility index (Phi) is 11.4. The summed E-state index contributed by atoms with van der Waals surface area (Å²) < 4.78 is 30.8. The maximum absolute atomic E-state index is 12.6. The second-order valence-electron chi connectivity index (χ2n) is 9.48. The molecule has 0 amide bonds. The molecular weight excluding hydrogens is 596 g/mol. The molecule has 11 nitrogen and oxygen atoms in total. The number of ether oxygens (including phenoxy) is 6. The number of hydrogen-bond donors (Lipinski definition) is 0. The van der Waals surface area contributed by atoms with E-state index in [0.717, 1.165) is 11.6 Å². The van der Waals surface area contributed by atoms with E-state index in [2.05, 4.69) is 6.58 Å². The van der Waals surface area contributed by atoms with Crippen LogP contribution < -0.4 is 18.9 Å². The van der Waals surface area contributed by atoms with Crippen molar-refractivity contribution in [3.63, 3.8) is 0 Å². The smallest absolute Gasteiger partial charge is 0.462 e. The molecule has 0 atom stereocenters. The van der Waals surface area contributed by atoms with E-state index < -0.39 is 30.0 Å². The van der Waals surface area contributed by atoms with Crippen LogP contribution in [0.25, 0.3) is 0 Å². The van der Waals surface area contributed by atoms with E-state index in [1.165, 1.54) is 72.8 Å². The predicted octanol–water partition coefficient (Wildman–Crippen LogP) is 6.29. The van der Waals surface area contributed by atoms with Crippen LogP contribution in [0.2, 0.25) is 0 Å². The van der Waals surface area contributed by atoms with Crippen molar-refractivity contribution in [2.75, 3.05) is 13.2 Å². The predicted molar refractivity (Wildman–Crippen MR) is 163 cm³/mol. The monoisotopic (exact) mass is 624 g/mol. The van der Waals surface area contributed by atoms with Gasteiger partial charge in [0.05, 0.1) is 29.9 Å². The van der Waals surface area contributed by atoms with Gasteiger partial charge in [-0.05, 0) is 91.9 Å². The molecule has 11 heteroatoms. The molecule has 0 unspecified atom stereocenters. The summed E-state index contributed by atoms with van der Waals surface area (Å²) in [5, 5.41) is 0. The molecule has 0 spiro atoms. The maximum Gasteiger partial charge on any atom is 0.513 e. The average Bonchev–Trinajstić information content (AvgIpc) is 3.06. The quantitative estimate of drug-likeness (QED) is 0.0577. The van der Waals surface area contributed by atoms with Crippen LogP contribution in [0.15, 0.2) is 110 Å². The van der Waals surface area contributed by atoms with E-state index in [1.54, 1.807) is 12.1 Å². The number of hydrogen-bond acceptors (Lipinski definition) is 11. The minimum Gasteiger partial charge on any atom is -0.462 e. The van der Waals surface area contributed by atoms with Gasteiger partial charge in [0.2, 0.25) is 0 Å². The zero-order valence-electron chi connectivity index (χ0n) is 24.6. The first-order chi connectivity index (χ1) is 22.2. The molecule has 0 heterocycles. The summed E-state index contributed by atoms with van der Waals surface area (Å²) >= 11 is 0. The molecule has 0 saturated heterocycles. The fourth-order valence-corrected chi connectivity index (χ4v) is 3.65. The summed E-state index contributed by atoms with van der Waals surface area (Å²) in [7, 11) is 0. The van der Waals surface area contributed by atoms with Gasteiger partial charge >= 0.3 is 30.0 Å². The third-order valence-electron chi connectivity index (χ3n) is 6.04. The number of rotatable bonds is 12. The fraction of sp³-hybridized carbons (Fsp3) is 0.114. The van der Waals surface area contributed by atoms with Gasteiger partial charge < -0.3 is 28.4 Å². The molecule has 0 aliphatic rings. The van der Waals surface area contributed by atoms with Crippen molar-refractivity contribution in [1.82, 2.24) is 0 Å². The maximum atomic E-state index is 12.6. The molecule has 0 N–H and O–H groups in total. The molecule has 0 aliphatic carbocycles. The number of esters is 4. The zero-order chi connectivity index (χ0) is 32.9. The van der Waals surface area contributed by atoms with Gasteiger partial charge in [-0.15, -0.1) is 0 Å². The molecule has 4 rings (SSSR count). The van der Waals surface area contributed by atoms with Crippen LogP contribution in [0, 0.1) is 6.92 Å². The van der Waals surface area contributed by atoms with Crippen molar-refractivity contribution >= 4 is 30.0 Å². The van der Waals surface area contributed by atoms with E-state index >= 15 is 0 Å². The summed E-state index contributed by atoms with van der Waals surface area (Å²) in [6.45, 7) is 5.23. The van der Waals surface area contributed by atoms with Crippen LogP contribution in [-0.2, 0) is 14.3 Å². The molecule has 46 heavy (non-hydrogen) atoms. The van der Waals surface area contributed by atoms with Gasteiger partial charge in [0.25, 0.3) is 0 Å². The lowest BCUT2D eigenvalue weighted by Gasteiger charge is -2.08. The van der Waals surface area contributed by atoms with Crippen LogP contribution >= 0.6 is 0 Å². The van der Waals surface area contributed by atoms with Gasteiger partial charge in [-0.25, -0.2) is 24.0 Å². The van der Waals surface area contributed by atoms with Crippen molar-refractivity contribution < 1.29 is 52.4 Å². The molecule has 0 aliphatic heterocycles. The molecule has 4 aromatic rings. The molecule has 0 fully saturated rings. The summed E-state index contributed by atoms with van der Waals surface area (Å²) in [4.78, 5) is 60.2. The highest BCUT2D eigenvalue weighted by Crippen LogP contribution is 2.22. The van der Waals surface area contributed by atoms with Gasteiger partial charge in [-0.2, -0.15) is 0 Å². The SMILES string of the molecule is C=CC(=O)OCCCOC(=O)Oc1ccc(C(=O)Oc2ccc(C(=O)Oc3ccc(OC(=O)c4ccc(C)cc4)cc3)cc2)cc1. The molecule has 0 radical (unpaired) electrons. The van der Waals surface area contributed by atoms with E-state index in [4.69, 9.17) is 28.4 Å². The first-order valence-corrected chi connectivity index (χ1v) is 13.9. The Balaban J connectivity index is 1.21. The second kappa shape index (κ2) is 16.0. The van der Waals surface area contributed by atoms with Crippen LogP contribution in [-0.4, -0.2) is 43.2 Å². The molecule has 0 bridgehead atoms. The standard InChI is InChI=1S/C35H28O11/c1-3-31(36)41-21-4-22-42-35(40)46-30-15-11-26(12-16-30)33(38)43-27-13-9-25(10-14-27)34(39)45-29-19-17-28(18-20-29)44-32(37)24-7-5-23(2)6-8-24/h3,5-20H,1,4,21-22H2,2H3. The van der Waals surface area contributed by atoms with Crippen LogP contribution in [0.4, 0.5) is 4.79 Å². The second-order valence-corrected chi connectivity index (χ2v) is 9.48. The largest absolute Gasteiger partial charge is 0.513 e. The summed E-state index contributed by atoms with van der Waals surface area (Å²) in [6, 6.07) is 24.3. The Bertz CT molecular complexity index is 1690. The van der Waals surface area contributed by atoms with Gasteiger partial charge in [0.15, 0.2) is 0 Å². The zero-order valence-corrected chi connectivity index (χ0v) is 24.6. The molecule has 4 aromatic carbocycles. The van der Waals surface area contributed by atoms with Crippen molar-refractivity contribution in [1.29, 1.82) is 0 Å². The third-order valence-corrected chi connectivity index (χ3v) is 6.04. The first-order valence-electron chi connectivity index (χ1n) is 13.9. The minimum atomic E-state index is -0.958. The molecule has 234 valence electrons. The van der Waals surface area contributed by atoms with E-state index in [0.29, 0.717) is 11.3 Å². The minimum absolute atomic E-state index is 0.0226. The number of carbonyl (C=O) groups excluding carboxylic acids is 5. The Labute approximate surface area is 263 Å². The van der Waals surface area contributed by atoms with E-state index in [-0.39, 0.29) is 48.0 Å². The third kappa shape index (κ3) is 9.91. The highest BCUT2D eigenvalue weighted by molar-refractivity contribution is 5.93. The lowest BCUT2D eigenvalue weighted by Crippen LogP contribution is -2.13. The lowest BCUT2D eigenvalue weighted by atomic mass is 10.1. The summed E-state index contributed by atoms with van der Waals surface area (Å²) in [5.74, 6) is -1.55. The van der Waals surface area contributed by atoms with Gasteiger partial charge in [0, 0.05) is 12.5 Å². The summed E-state index contributed by atoms with van der Waals surface area (Å²) in [6.07, 6.45) is 0.356. The van der Waals surface area contributed by atoms with Crippen molar-refractivity contribution in [2.24, 2.45) is 0 Å². The Morgan fingerprint density at radius 1 is 0.522 bits per heavy atom. The molecule has 0 saturated carbocycles.